The SMILES string of the molecule is CN(C)CCn1nnc2cc(-c3noc(Cc4cccs4)n3)ccc21. The van der Waals surface area contributed by atoms with Crippen LogP contribution in [0.15, 0.2) is 40.2 Å². The Balaban J connectivity index is 1.56. The average Bonchev–Trinajstić information content (AvgIpc) is 3.33. The first kappa shape index (κ1) is 15.9. The molecule has 0 aliphatic rings. The van der Waals surface area contributed by atoms with Crippen LogP contribution in [-0.4, -0.2) is 50.7 Å². The summed E-state index contributed by atoms with van der Waals surface area (Å²) in [4.78, 5) is 7.82. The van der Waals surface area contributed by atoms with Crippen LogP contribution in [0.4, 0.5) is 0 Å². The highest BCUT2D eigenvalue weighted by atomic mass is 32.1. The molecule has 0 bridgehead atoms. The zero-order chi connectivity index (χ0) is 17.2. The van der Waals surface area contributed by atoms with E-state index in [1.54, 1.807) is 11.3 Å². The van der Waals surface area contributed by atoms with E-state index in [-0.39, 0.29) is 0 Å². The molecular weight excluding hydrogens is 336 g/mol. The van der Waals surface area contributed by atoms with Gasteiger partial charge in [0.05, 0.1) is 18.5 Å². The van der Waals surface area contributed by atoms with Crippen LogP contribution in [0.2, 0.25) is 0 Å². The van der Waals surface area contributed by atoms with Crippen molar-refractivity contribution in [1.82, 2.24) is 30.0 Å². The van der Waals surface area contributed by atoms with Crippen LogP contribution >= 0.6 is 11.3 Å². The van der Waals surface area contributed by atoms with Gasteiger partial charge in [-0.1, -0.05) is 16.4 Å². The third kappa shape index (κ3) is 3.45. The lowest BCUT2D eigenvalue weighted by Crippen LogP contribution is -2.18. The van der Waals surface area contributed by atoms with Crippen molar-refractivity contribution >= 4 is 22.4 Å². The summed E-state index contributed by atoms with van der Waals surface area (Å²) in [6, 6.07) is 10.0. The van der Waals surface area contributed by atoms with Gasteiger partial charge in [-0.2, -0.15) is 4.98 Å². The molecule has 3 heterocycles. The topological polar surface area (TPSA) is 72.9 Å². The first-order valence-corrected chi connectivity index (χ1v) is 8.90. The highest BCUT2D eigenvalue weighted by molar-refractivity contribution is 7.09. The number of hydrogen-bond donors (Lipinski definition) is 0. The molecule has 0 N–H and O–H groups in total. The summed E-state index contributed by atoms with van der Waals surface area (Å²) >= 11 is 1.68. The van der Waals surface area contributed by atoms with Gasteiger partial charge in [-0.3, -0.25) is 0 Å². The lowest BCUT2D eigenvalue weighted by atomic mass is 10.2. The highest BCUT2D eigenvalue weighted by Gasteiger charge is 2.12. The number of rotatable bonds is 6. The molecule has 4 rings (SSSR count). The smallest absolute Gasteiger partial charge is 0.232 e. The zero-order valence-electron chi connectivity index (χ0n) is 14.1. The molecule has 128 valence electrons. The van der Waals surface area contributed by atoms with Crippen molar-refractivity contribution in [2.45, 2.75) is 13.0 Å². The van der Waals surface area contributed by atoms with Crippen LogP contribution in [0.25, 0.3) is 22.4 Å². The Morgan fingerprint density at radius 1 is 1.24 bits per heavy atom. The van der Waals surface area contributed by atoms with E-state index in [4.69, 9.17) is 4.52 Å². The summed E-state index contributed by atoms with van der Waals surface area (Å²) in [6.07, 6.45) is 0.660. The number of benzene rings is 1. The lowest BCUT2D eigenvalue weighted by molar-refractivity contribution is 0.374. The molecular formula is C17H18N6OS. The molecule has 8 heteroatoms. The van der Waals surface area contributed by atoms with Crippen molar-refractivity contribution in [2.24, 2.45) is 0 Å². The molecule has 0 fully saturated rings. The van der Waals surface area contributed by atoms with Crippen LogP contribution in [-0.2, 0) is 13.0 Å². The largest absolute Gasteiger partial charge is 0.339 e. The van der Waals surface area contributed by atoms with Gasteiger partial charge in [-0.05, 0) is 43.7 Å². The third-order valence-corrected chi connectivity index (χ3v) is 4.78. The number of thiophene rings is 1. The van der Waals surface area contributed by atoms with Gasteiger partial charge in [0.15, 0.2) is 0 Å². The number of likely N-dealkylation sites (N-methyl/N-ethyl adjacent to an activating group) is 1. The van der Waals surface area contributed by atoms with Gasteiger partial charge >= 0.3 is 0 Å². The summed E-state index contributed by atoms with van der Waals surface area (Å²) in [5.74, 6) is 1.20. The first-order chi connectivity index (χ1) is 12.2. The number of nitrogens with zero attached hydrogens (tertiary/aromatic N) is 6. The fourth-order valence-corrected chi connectivity index (χ4v) is 3.27. The second-order valence-electron chi connectivity index (χ2n) is 6.09. The predicted octanol–water partition coefficient (Wildman–Crippen LogP) is 2.70. The minimum atomic E-state index is 0.580. The van der Waals surface area contributed by atoms with E-state index in [1.165, 1.54) is 4.88 Å². The molecule has 3 aromatic heterocycles. The minimum absolute atomic E-state index is 0.580. The maximum Gasteiger partial charge on any atom is 0.232 e. The fraction of sp³-hybridized carbons (Fsp3) is 0.294. The van der Waals surface area contributed by atoms with Gasteiger partial charge in [0, 0.05) is 17.0 Å². The van der Waals surface area contributed by atoms with Crippen molar-refractivity contribution in [3.8, 4) is 11.4 Å². The first-order valence-electron chi connectivity index (χ1n) is 8.02. The van der Waals surface area contributed by atoms with Crippen LogP contribution in [0.3, 0.4) is 0 Å². The van der Waals surface area contributed by atoms with Gasteiger partial charge in [-0.25, -0.2) is 4.68 Å². The molecule has 4 aromatic rings. The van der Waals surface area contributed by atoms with E-state index in [1.807, 2.05) is 48.4 Å². The van der Waals surface area contributed by atoms with Gasteiger partial charge in [0.1, 0.15) is 5.52 Å². The Hall–Kier alpha value is -2.58. The summed E-state index contributed by atoms with van der Waals surface area (Å²) in [7, 11) is 4.09. The van der Waals surface area contributed by atoms with E-state index < -0.39 is 0 Å². The quantitative estimate of drug-likeness (QED) is 0.530. The Kier molecular flexibility index (Phi) is 4.29. The molecule has 1 aromatic carbocycles. The van der Waals surface area contributed by atoms with Crippen molar-refractivity contribution < 1.29 is 4.52 Å². The summed E-state index contributed by atoms with van der Waals surface area (Å²) in [5, 5.41) is 14.6. The van der Waals surface area contributed by atoms with Crippen molar-refractivity contribution in [3.63, 3.8) is 0 Å². The number of hydrogen-bond acceptors (Lipinski definition) is 7. The van der Waals surface area contributed by atoms with E-state index >= 15 is 0 Å². The predicted molar refractivity (Wildman–Crippen MR) is 96.5 cm³/mol. The summed E-state index contributed by atoms with van der Waals surface area (Å²) < 4.78 is 7.29. The van der Waals surface area contributed by atoms with Crippen molar-refractivity contribution in [3.05, 3.63) is 46.5 Å². The van der Waals surface area contributed by atoms with Crippen molar-refractivity contribution in [1.29, 1.82) is 0 Å². The zero-order valence-corrected chi connectivity index (χ0v) is 14.9. The average molecular weight is 354 g/mol. The van der Waals surface area contributed by atoms with Gasteiger partial charge < -0.3 is 9.42 Å². The van der Waals surface area contributed by atoms with E-state index in [0.717, 1.165) is 29.7 Å². The van der Waals surface area contributed by atoms with E-state index in [2.05, 4.69) is 31.4 Å². The van der Waals surface area contributed by atoms with Crippen LogP contribution in [0.5, 0.6) is 0 Å². The Labute approximate surface area is 148 Å². The summed E-state index contributed by atoms with van der Waals surface area (Å²) in [6.45, 7) is 1.72. The molecule has 0 unspecified atom stereocenters. The minimum Gasteiger partial charge on any atom is -0.339 e. The number of aromatic nitrogens is 5. The Morgan fingerprint density at radius 3 is 2.96 bits per heavy atom. The van der Waals surface area contributed by atoms with Crippen molar-refractivity contribution in [2.75, 3.05) is 20.6 Å². The second-order valence-corrected chi connectivity index (χ2v) is 7.12. The summed E-state index contributed by atoms with van der Waals surface area (Å²) in [5.41, 5.74) is 2.72. The molecule has 7 nitrogen and oxygen atoms in total. The lowest BCUT2D eigenvalue weighted by Gasteiger charge is -2.09. The van der Waals surface area contributed by atoms with Crippen LogP contribution < -0.4 is 0 Å². The molecule has 25 heavy (non-hydrogen) atoms. The highest BCUT2D eigenvalue weighted by Crippen LogP contribution is 2.22. The molecule has 0 aliphatic carbocycles. The number of fused-ring (bicyclic) bond motifs is 1. The maximum atomic E-state index is 5.37. The molecule has 0 atom stereocenters. The fourth-order valence-electron chi connectivity index (χ4n) is 2.58. The normalized spacial score (nSPS) is 11.6. The molecule has 0 spiro atoms. The van der Waals surface area contributed by atoms with E-state index in [0.29, 0.717) is 18.1 Å². The Morgan fingerprint density at radius 2 is 2.16 bits per heavy atom. The molecule has 0 saturated heterocycles. The van der Waals surface area contributed by atoms with Gasteiger partial charge in [0.2, 0.25) is 11.7 Å². The molecule has 0 radical (unpaired) electrons. The second kappa shape index (κ2) is 6.73. The molecule has 0 aliphatic heterocycles. The third-order valence-electron chi connectivity index (χ3n) is 3.90. The Bertz CT molecular complexity index is 972. The monoisotopic (exact) mass is 354 g/mol. The molecule has 0 saturated carbocycles. The maximum absolute atomic E-state index is 5.37. The van der Waals surface area contributed by atoms with E-state index in [9.17, 15) is 0 Å². The van der Waals surface area contributed by atoms with Gasteiger partial charge in [0.25, 0.3) is 0 Å². The molecule has 0 amide bonds. The van der Waals surface area contributed by atoms with Gasteiger partial charge in [-0.15, -0.1) is 16.4 Å². The standard InChI is InChI=1S/C17H18N6OS/c1-22(2)7-8-23-15-6-5-12(10-14(15)19-21-23)17-18-16(24-20-17)11-13-4-3-9-25-13/h3-6,9-10H,7-8,11H2,1-2H3. The van der Waals surface area contributed by atoms with Crippen LogP contribution in [0.1, 0.15) is 10.8 Å². The van der Waals surface area contributed by atoms with Crippen LogP contribution in [0, 0.1) is 0 Å².